The van der Waals surface area contributed by atoms with Crippen molar-refractivity contribution >= 4 is 54.5 Å². The van der Waals surface area contributed by atoms with Crippen molar-refractivity contribution in [3.05, 3.63) is 47.7 Å². The van der Waals surface area contributed by atoms with Gasteiger partial charge in [0.15, 0.2) is 0 Å². The van der Waals surface area contributed by atoms with E-state index in [1.807, 2.05) is 20.8 Å². The molecule has 304 valence electrons. The van der Waals surface area contributed by atoms with E-state index >= 15 is 0 Å². The number of nitrogens with zero attached hydrogens (tertiary/aromatic N) is 4. The van der Waals surface area contributed by atoms with Gasteiger partial charge in [-0.1, -0.05) is 0 Å². The Morgan fingerprint density at radius 3 is 2.38 bits per heavy atom. The second kappa shape index (κ2) is 16.8. The molecular weight excluding hydrogens is 800 g/mol. The number of rotatable bonds is 9. The molecule has 5 rings (SSSR count). The molecule has 0 saturated carbocycles. The molecule has 0 unspecified atom stereocenters. The normalized spacial score (nSPS) is 18.8. The van der Waals surface area contributed by atoms with Crippen LogP contribution in [0.1, 0.15) is 90.2 Å². The van der Waals surface area contributed by atoms with Gasteiger partial charge in [0.05, 0.1) is 6.10 Å². The fourth-order valence-corrected chi connectivity index (χ4v) is 8.14. The third-order valence-electron chi connectivity index (χ3n) is 8.94. The molecule has 3 aromatic rings. The van der Waals surface area contributed by atoms with Gasteiger partial charge in [0.2, 0.25) is 0 Å². The zero-order valence-electron chi connectivity index (χ0n) is 32.7. The van der Waals surface area contributed by atoms with E-state index in [0.29, 0.717) is 5.82 Å². The molecule has 0 radical (unpaired) electrons. The van der Waals surface area contributed by atoms with Crippen molar-refractivity contribution in [2.75, 3.05) is 30.4 Å². The Bertz CT molecular complexity index is 2000. The van der Waals surface area contributed by atoms with Crippen molar-refractivity contribution in [1.82, 2.24) is 19.8 Å². The van der Waals surface area contributed by atoms with Crippen LogP contribution in [0, 0.1) is 11.8 Å². The van der Waals surface area contributed by atoms with Crippen LogP contribution in [-0.4, -0.2) is 113 Å². The third-order valence-corrected chi connectivity index (χ3v) is 10.7. The zero-order chi connectivity index (χ0) is 41.2. The van der Waals surface area contributed by atoms with Crippen LogP contribution in [0.3, 0.4) is 0 Å². The van der Waals surface area contributed by atoms with Crippen molar-refractivity contribution in [1.29, 1.82) is 0 Å². The average molecular weight is 850 g/mol. The van der Waals surface area contributed by atoms with Crippen LogP contribution < -0.4 is 24.7 Å². The van der Waals surface area contributed by atoms with Gasteiger partial charge < -0.3 is 5.11 Å². The number of ether oxygens (including phenoxy) is 3. The van der Waals surface area contributed by atoms with Crippen molar-refractivity contribution in [2.45, 2.75) is 115 Å². The Labute approximate surface area is 330 Å². The number of pyridine rings is 1. The molecule has 0 spiro atoms. The van der Waals surface area contributed by atoms with Gasteiger partial charge in [0.1, 0.15) is 0 Å². The molecule has 2 saturated heterocycles. The summed E-state index contributed by atoms with van der Waals surface area (Å²) < 4.78 is 60.5. The summed E-state index contributed by atoms with van der Waals surface area (Å²) in [5.74, 6) is 5.74. The minimum absolute atomic E-state index is 0.0228. The third kappa shape index (κ3) is 10.6. The number of aromatic nitrogens is 2. The standard InChI is InChI=1S/C39H49F3N6O7Se/c1-23(49)22-43-34(50)24-14-18-29(31(21-24)53-8)46(35(51)54-37(2,3)4)20-10-11-27-33(56-39(40,41)42)30-12-9-13-32(48(30)45-27)44-26-17-15-25-16-19-28(26)47(25)36(52)55-38(5,6)7/h9,12-14,18,21,23,25-26,28,44,49H,15-17,19-20,22H2,1-8H3,(H,43,50)/t23-,25+,26+,28+/m0/s1. The molecular formula is C39H49F3N6O7Se. The van der Waals surface area contributed by atoms with Crippen molar-refractivity contribution in [2.24, 2.45) is 0 Å². The van der Waals surface area contributed by atoms with Gasteiger partial charge in [-0.15, -0.1) is 0 Å². The molecule has 3 amide bonds. The summed E-state index contributed by atoms with van der Waals surface area (Å²) in [4.78, 5) is 42.4. The molecule has 2 aromatic heterocycles. The van der Waals surface area contributed by atoms with Gasteiger partial charge in [-0.2, -0.15) is 0 Å². The number of carbonyl (C=O) groups excluding carboxylic acids is 3. The molecule has 17 heteroatoms. The topological polar surface area (TPSA) is 147 Å². The number of alkyl halides is 3. The van der Waals surface area contributed by atoms with Crippen molar-refractivity contribution in [3.63, 3.8) is 0 Å². The molecule has 3 N–H and O–H groups in total. The van der Waals surface area contributed by atoms with E-state index in [-0.39, 0.29) is 70.0 Å². The molecule has 56 heavy (non-hydrogen) atoms. The number of carbonyl (C=O) groups is 3. The number of benzene rings is 1. The number of halogens is 3. The first-order valence-electron chi connectivity index (χ1n) is 18.3. The van der Waals surface area contributed by atoms with Crippen LogP contribution >= 0.6 is 0 Å². The van der Waals surface area contributed by atoms with E-state index in [9.17, 15) is 32.7 Å². The second-order valence-corrected chi connectivity index (χ2v) is 18.0. The predicted molar refractivity (Wildman–Crippen MR) is 206 cm³/mol. The summed E-state index contributed by atoms with van der Waals surface area (Å²) >= 11 is -2.02. The van der Waals surface area contributed by atoms with Gasteiger partial charge in [-0.3, -0.25) is 0 Å². The van der Waals surface area contributed by atoms with Gasteiger partial charge in [0, 0.05) is 6.54 Å². The molecule has 2 aliphatic heterocycles. The van der Waals surface area contributed by atoms with E-state index in [0.717, 1.165) is 25.7 Å². The fourth-order valence-electron chi connectivity index (χ4n) is 6.72. The Morgan fingerprint density at radius 1 is 1.04 bits per heavy atom. The van der Waals surface area contributed by atoms with Crippen LogP contribution in [0.4, 0.5) is 34.3 Å². The van der Waals surface area contributed by atoms with Gasteiger partial charge in [-0.25, -0.2) is 0 Å². The van der Waals surface area contributed by atoms with Gasteiger partial charge in [-0.05, 0) is 6.92 Å². The Kier molecular flexibility index (Phi) is 12.8. The summed E-state index contributed by atoms with van der Waals surface area (Å²) in [6.45, 7) is 11.7. The number of hydrogen-bond acceptors (Lipinski definition) is 9. The van der Waals surface area contributed by atoms with Gasteiger partial charge >= 0.3 is 307 Å². The van der Waals surface area contributed by atoms with Gasteiger partial charge in [0.25, 0.3) is 0 Å². The van der Waals surface area contributed by atoms with E-state index in [1.54, 1.807) is 43.9 Å². The number of hydrogen-bond donors (Lipinski definition) is 3. The molecule has 1 aromatic carbocycles. The summed E-state index contributed by atoms with van der Waals surface area (Å²) in [6, 6.07) is 9.00. The zero-order valence-corrected chi connectivity index (χ0v) is 34.5. The van der Waals surface area contributed by atoms with E-state index in [1.165, 1.54) is 41.6 Å². The first-order chi connectivity index (χ1) is 26.1. The molecule has 13 nitrogen and oxygen atoms in total. The minimum atomic E-state index is -4.52. The number of anilines is 2. The van der Waals surface area contributed by atoms with E-state index in [2.05, 4.69) is 27.6 Å². The Hall–Kier alpha value is -4.65. The molecule has 2 aliphatic rings. The number of amides is 3. The maximum atomic E-state index is 14.1. The molecule has 2 bridgehead atoms. The number of piperidine rings is 1. The molecule has 4 atom stereocenters. The molecule has 4 heterocycles. The molecule has 0 aliphatic carbocycles. The quantitative estimate of drug-likeness (QED) is 0.189. The van der Waals surface area contributed by atoms with E-state index in [4.69, 9.17) is 14.2 Å². The first kappa shape index (κ1) is 42.5. The van der Waals surface area contributed by atoms with Crippen LogP contribution in [0.15, 0.2) is 36.4 Å². The Morgan fingerprint density at radius 2 is 1.73 bits per heavy atom. The summed E-state index contributed by atoms with van der Waals surface area (Å²) in [7, 11) is 1.36. The number of methoxy groups -OCH3 is 1. The molecule has 2 fully saturated rings. The van der Waals surface area contributed by atoms with Crippen LogP contribution in [0.2, 0.25) is 0 Å². The van der Waals surface area contributed by atoms with Crippen molar-refractivity contribution in [3.8, 4) is 17.6 Å². The van der Waals surface area contributed by atoms with Crippen LogP contribution in [0.25, 0.3) is 5.52 Å². The van der Waals surface area contributed by atoms with Crippen molar-refractivity contribution < 1.29 is 46.9 Å². The average Bonchev–Trinajstić information content (AvgIpc) is 3.60. The van der Waals surface area contributed by atoms with Crippen LogP contribution in [0.5, 0.6) is 5.75 Å². The second-order valence-electron chi connectivity index (χ2n) is 15.8. The summed E-state index contributed by atoms with van der Waals surface area (Å²) in [5, 5.41) is 15.7. The Balaban J connectivity index is 1.48. The monoisotopic (exact) mass is 850 g/mol. The predicted octanol–water partition coefficient (Wildman–Crippen LogP) is 5.44. The number of aliphatic hydroxyl groups excluding tert-OH is 1. The summed E-state index contributed by atoms with van der Waals surface area (Å²) in [6.07, 6.45) is 1.14. The number of nitrogens with one attached hydrogen (secondary N) is 2. The number of aliphatic hydroxyl groups is 1. The van der Waals surface area contributed by atoms with E-state index < -0.39 is 49.3 Å². The summed E-state index contributed by atoms with van der Waals surface area (Å²) in [5.41, 5.74) is -1.04. The number of fused-ring (bicyclic) bond motifs is 3. The SMILES string of the molecule is COc1cc(C(=O)NC[C@H](C)O)ccc1N(CC#Cc1nn2c(N[C@@H]3CC[C@@H]4CC[C@H]3N4C(=O)OC(C)(C)C)cccc2c1[Se]C(F)(F)F)C(=O)OC(C)(C)C. The maximum absolute atomic E-state index is 14.1. The first-order valence-corrected chi connectivity index (χ1v) is 20.0. The fraction of sp³-hybridized carbons (Fsp3) is 0.538. The van der Waals surface area contributed by atoms with Crippen LogP contribution in [-0.2, 0) is 9.47 Å².